The Morgan fingerprint density at radius 3 is 1.04 bits per heavy atom. The van der Waals surface area contributed by atoms with Crippen LogP contribution in [0.3, 0.4) is 0 Å². The number of carboxylic acids is 3. The van der Waals surface area contributed by atoms with Crippen molar-refractivity contribution >= 4 is 17.9 Å². The van der Waals surface area contributed by atoms with E-state index >= 15 is 0 Å². The molecule has 0 heterocycles. The molecule has 0 radical (unpaired) electrons. The predicted molar refractivity (Wildman–Crippen MR) is 98.2 cm³/mol. The Labute approximate surface area is 155 Å². The summed E-state index contributed by atoms with van der Waals surface area (Å²) < 4.78 is 0. The SMILES string of the molecule is CCCCCC(=O)O.O=C(O)CCCCCCCCC(=O)O.OCCO. The van der Waals surface area contributed by atoms with Crippen LogP contribution in [0.25, 0.3) is 0 Å². The van der Waals surface area contributed by atoms with Crippen molar-refractivity contribution in [2.45, 2.75) is 84.0 Å². The second-order valence-electron chi connectivity index (χ2n) is 5.71. The lowest BCUT2D eigenvalue weighted by atomic mass is 10.1. The van der Waals surface area contributed by atoms with E-state index in [-0.39, 0.29) is 26.1 Å². The highest BCUT2D eigenvalue weighted by atomic mass is 16.4. The van der Waals surface area contributed by atoms with Gasteiger partial charge < -0.3 is 25.5 Å². The third-order valence-electron chi connectivity index (χ3n) is 3.13. The zero-order valence-corrected chi connectivity index (χ0v) is 15.9. The molecule has 26 heavy (non-hydrogen) atoms. The van der Waals surface area contributed by atoms with E-state index < -0.39 is 17.9 Å². The summed E-state index contributed by atoms with van der Waals surface area (Å²) >= 11 is 0. The van der Waals surface area contributed by atoms with E-state index in [4.69, 9.17) is 25.5 Å². The number of aliphatic hydroxyl groups is 2. The van der Waals surface area contributed by atoms with E-state index in [0.29, 0.717) is 6.42 Å². The van der Waals surface area contributed by atoms with Crippen LogP contribution >= 0.6 is 0 Å². The lowest BCUT2D eigenvalue weighted by Crippen LogP contribution is -1.94. The van der Waals surface area contributed by atoms with Crippen molar-refractivity contribution in [1.29, 1.82) is 0 Å². The first kappa shape index (κ1) is 29.1. The minimum absolute atomic E-state index is 0.125. The molecule has 0 amide bonds. The van der Waals surface area contributed by atoms with Gasteiger partial charge >= 0.3 is 17.9 Å². The quantitative estimate of drug-likeness (QED) is 0.288. The zero-order valence-electron chi connectivity index (χ0n) is 15.9. The minimum Gasteiger partial charge on any atom is -0.481 e. The zero-order chi connectivity index (χ0) is 20.6. The van der Waals surface area contributed by atoms with Gasteiger partial charge in [-0.15, -0.1) is 0 Å². The van der Waals surface area contributed by atoms with Gasteiger partial charge in [0.2, 0.25) is 0 Å². The first-order valence-corrected chi connectivity index (χ1v) is 9.18. The summed E-state index contributed by atoms with van der Waals surface area (Å²) in [5, 5.41) is 40.1. The summed E-state index contributed by atoms with van der Waals surface area (Å²) in [6, 6.07) is 0. The second kappa shape index (κ2) is 25.6. The van der Waals surface area contributed by atoms with Crippen molar-refractivity contribution < 1.29 is 39.9 Å². The number of carboxylic acid groups (broad SMARTS) is 3. The number of hydrogen-bond acceptors (Lipinski definition) is 5. The van der Waals surface area contributed by atoms with E-state index in [9.17, 15) is 14.4 Å². The van der Waals surface area contributed by atoms with Crippen molar-refractivity contribution in [3.05, 3.63) is 0 Å². The fourth-order valence-electron chi connectivity index (χ4n) is 1.79. The van der Waals surface area contributed by atoms with E-state index in [1.807, 2.05) is 0 Å². The van der Waals surface area contributed by atoms with Crippen LogP contribution in [-0.2, 0) is 14.4 Å². The number of aliphatic hydroxyl groups excluding tert-OH is 2. The number of hydrogen-bond donors (Lipinski definition) is 5. The van der Waals surface area contributed by atoms with Crippen molar-refractivity contribution in [2.75, 3.05) is 13.2 Å². The topological polar surface area (TPSA) is 152 Å². The summed E-state index contributed by atoms with van der Waals surface area (Å²) in [7, 11) is 0. The summed E-state index contributed by atoms with van der Waals surface area (Å²) in [6.07, 6.45) is 9.10. The molecule has 5 N–H and O–H groups in total. The fraction of sp³-hybridized carbons (Fsp3) is 0.833. The van der Waals surface area contributed by atoms with Crippen LogP contribution in [0.2, 0.25) is 0 Å². The summed E-state index contributed by atoms with van der Waals surface area (Å²) in [4.78, 5) is 30.2. The third-order valence-corrected chi connectivity index (χ3v) is 3.13. The molecule has 0 saturated heterocycles. The Balaban J connectivity index is -0.000000370. The standard InChI is InChI=1S/C10H18O4.C6H12O2.C2H6O2/c11-9(12)7-5-3-1-2-4-6-8-10(13)14;1-2-3-4-5-6(7)8;3-1-2-4/h1-8H2,(H,11,12)(H,13,14);2-5H2,1H3,(H,7,8);3-4H,1-2H2. The monoisotopic (exact) mass is 380 g/mol. The maximum Gasteiger partial charge on any atom is 0.303 e. The molecule has 8 nitrogen and oxygen atoms in total. The van der Waals surface area contributed by atoms with Gasteiger partial charge in [-0.3, -0.25) is 14.4 Å². The summed E-state index contributed by atoms with van der Waals surface area (Å²) in [6.45, 7) is 1.81. The summed E-state index contributed by atoms with van der Waals surface area (Å²) in [5.74, 6) is -2.16. The van der Waals surface area contributed by atoms with Crippen molar-refractivity contribution in [3.63, 3.8) is 0 Å². The molecular formula is C18H36O8. The van der Waals surface area contributed by atoms with Gasteiger partial charge in [-0.2, -0.15) is 0 Å². The molecule has 0 spiro atoms. The Bertz CT molecular complexity index is 309. The molecule has 0 aromatic heterocycles. The lowest BCUT2D eigenvalue weighted by Gasteiger charge is -1.98. The molecule has 0 atom stereocenters. The molecule has 0 aromatic rings. The molecule has 0 bridgehead atoms. The lowest BCUT2D eigenvalue weighted by molar-refractivity contribution is -0.138. The van der Waals surface area contributed by atoms with Gasteiger partial charge in [0.05, 0.1) is 13.2 Å². The van der Waals surface area contributed by atoms with Crippen molar-refractivity contribution in [2.24, 2.45) is 0 Å². The number of rotatable bonds is 14. The molecule has 0 saturated carbocycles. The largest absolute Gasteiger partial charge is 0.481 e. The van der Waals surface area contributed by atoms with Gasteiger partial charge in [-0.1, -0.05) is 45.4 Å². The maximum absolute atomic E-state index is 10.1. The Hall–Kier alpha value is -1.67. The second-order valence-corrected chi connectivity index (χ2v) is 5.71. The predicted octanol–water partition coefficient (Wildman–Crippen LogP) is 2.90. The van der Waals surface area contributed by atoms with Gasteiger partial charge in [-0.25, -0.2) is 0 Å². The Kier molecular flexibility index (Phi) is 28.6. The molecule has 0 aliphatic heterocycles. The Morgan fingerprint density at radius 2 is 0.808 bits per heavy atom. The molecule has 156 valence electrons. The van der Waals surface area contributed by atoms with Gasteiger partial charge in [0.15, 0.2) is 0 Å². The molecule has 0 aromatic carbocycles. The van der Waals surface area contributed by atoms with Crippen LogP contribution in [0.4, 0.5) is 0 Å². The maximum atomic E-state index is 10.1. The molecule has 8 heteroatoms. The van der Waals surface area contributed by atoms with Gasteiger partial charge in [-0.05, 0) is 19.3 Å². The number of carbonyl (C=O) groups is 3. The smallest absolute Gasteiger partial charge is 0.303 e. The van der Waals surface area contributed by atoms with E-state index in [0.717, 1.165) is 57.8 Å². The molecule has 0 fully saturated rings. The van der Waals surface area contributed by atoms with Crippen molar-refractivity contribution in [3.8, 4) is 0 Å². The fourth-order valence-corrected chi connectivity index (χ4v) is 1.79. The van der Waals surface area contributed by atoms with Crippen LogP contribution in [0, 0.1) is 0 Å². The van der Waals surface area contributed by atoms with Crippen LogP contribution in [0.15, 0.2) is 0 Å². The Morgan fingerprint density at radius 1 is 0.538 bits per heavy atom. The minimum atomic E-state index is -0.740. The number of unbranched alkanes of at least 4 members (excludes halogenated alkanes) is 7. The van der Waals surface area contributed by atoms with Gasteiger partial charge in [0.1, 0.15) is 0 Å². The normalized spacial score (nSPS) is 9.35. The van der Waals surface area contributed by atoms with E-state index in [1.165, 1.54) is 0 Å². The molecule has 0 rings (SSSR count). The van der Waals surface area contributed by atoms with Crippen molar-refractivity contribution in [1.82, 2.24) is 0 Å². The van der Waals surface area contributed by atoms with E-state index in [1.54, 1.807) is 0 Å². The summed E-state index contributed by atoms with van der Waals surface area (Å²) in [5.41, 5.74) is 0. The molecule has 0 aliphatic carbocycles. The highest BCUT2D eigenvalue weighted by Gasteiger charge is 1.98. The molecule has 0 aliphatic rings. The van der Waals surface area contributed by atoms with Crippen LogP contribution in [-0.4, -0.2) is 56.7 Å². The number of aliphatic carboxylic acids is 3. The molecular weight excluding hydrogens is 344 g/mol. The van der Waals surface area contributed by atoms with E-state index in [2.05, 4.69) is 6.92 Å². The highest BCUT2D eigenvalue weighted by molar-refractivity contribution is 5.67. The first-order chi connectivity index (χ1) is 12.3. The van der Waals surface area contributed by atoms with Crippen LogP contribution < -0.4 is 0 Å². The van der Waals surface area contributed by atoms with Gasteiger partial charge in [0.25, 0.3) is 0 Å². The highest BCUT2D eigenvalue weighted by Crippen LogP contribution is 2.08. The van der Waals surface area contributed by atoms with Crippen LogP contribution in [0.5, 0.6) is 0 Å². The van der Waals surface area contributed by atoms with Gasteiger partial charge in [0, 0.05) is 19.3 Å². The molecule has 0 unspecified atom stereocenters. The average molecular weight is 380 g/mol. The third kappa shape index (κ3) is 43.2. The first-order valence-electron chi connectivity index (χ1n) is 9.18. The average Bonchev–Trinajstić information content (AvgIpc) is 2.57. The van der Waals surface area contributed by atoms with Crippen LogP contribution in [0.1, 0.15) is 84.0 Å².